The molecule has 2 aliphatic heterocycles. The van der Waals surface area contributed by atoms with Crippen LogP contribution in [0.25, 0.3) is 0 Å². The van der Waals surface area contributed by atoms with Gasteiger partial charge in [-0.25, -0.2) is 0 Å². The summed E-state index contributed by atoms with van der Waals surface area (Å²) in [6, 6.07) is 12.7. The van der Waals surface area contributed by atoms with E-state index in [-0.39, 0.29) is 6.54 Å². The fourth-order valence-corrected chi connectivity index (χ4v) is 5.41. The SMILES string of the molecule is CCCCN1C(=O)[C@@H]2[C@](C)(C1=O)N(Cc1ccccc1)C(=O)[C@]2(O)c1cccs1. The first-order chi connectivity index (χ1) is 13.9. The molecule has 1 aromatic heterocycles. The second-order valence-corrected chi connectivity index (χ2v) is 8.80. The molecule has 3 atom stereocenters. The Morgan fingerprint density at radius 3 is 2.41 bits per heavy atom. The zero-order valence-electron chi connectivity index (χ0n) is 16.5. The van der Waals surface area contributed by atoms with Crippen LogP contribution < -0.4 is 0 Å². The first-order valence-corrected chi connectivity index (χ1v) is 10.7. The number of thiophene rings is 1. The van der Waals surface area contributed by atoms with Crippen LogP contribution in [0.3, 0.4) is 0 Å². The maximum absolute atomic E-state index is 13.5. The van der Waals surface area contributed by atoms with Gasteiger partial charge in [0, 0.05) is 18.0 Å². The summed E-state index contributed by atoms with van der Waals surface area (Å²) in [6.45, 7) is 4.06. The lowest BCUT2D eigenvalue weighted by Crippen LogP contribution is -2.52. The average molecular weight is 413 g/mol. The molecule has 4 rings (SSSR count). The topological polar surface area (TPSA) is 77.9 Å². The van der Waals surface area contributed by atoms with Crippen molar-refractivity contribution >= 4 is 29.1 Å². The summed E-state index contributed by atoms with van der Waals surface area (Å²) in [6.07, 6.45) is 1.52. The van der Waals surface area contributed by atoms with Crippen molar-refractivity contribution < 1.29 is 19.5 Å². The summed E-state index contributed by atoms with van der Waals surface area (Å²) in [7, 11) is 0. The van der Waals surface area contributed by atoms with Crippen molar-refractivity contribution in [1.29, 1.82) is 0 Å². The molecule has 2 saturated heterocycles. The normalized spacial score (nSPS) is 29.1. The minimum Gasteiger partial charge on any atom is -0.374 e. The molecule has 0 saturated carbocycles. The molecule has 29 heavy (non-hydrogen) atoms. The quantitative estimate of drug-likeness (QED) is 0.740. The van der Waals surface area contributed by atoms with Gasteiger partial charge in [-0.1, -0.05) is 49.7 Å². The van der Waals surface area contributed by atoms with E-state index in [9.17, 15) is 19.5 Å². The third kappa shape index (κ3) is 2.68. The third-order valence-corrected chi connectivity index (χ3v) is 7.11. The number of amides is 3. The minimum absolute atomic E-state index is 0.154. The standard InChI is InChI=1S/C22H24N2O4S/c1-3-4-12-23-18(25)17-21(2,19(23)26)24(14-15-9-6-5-7-10-15)20(27)22(17,28)16-11-8-13-29-16/h5-11,13,17,28H,3-4,12,14H2,1-2H3/t17-,21-,22+/m1/s1. The summed E-state index contributed by atoms with van der Waals surface area (Å²) in [5.74, 6) is -2.62. The molecule has 152 valence electrons. The predicted octanol–water partition coefficient (Wildman–Crippen LogP) is 2.52. The highest BCUT2D eigenvalue weighted by atomic mass is 32.1. The number of benzene rings is 1. The number of aliphatic hydroxyl groups is 1. The Morgan fingerprint density at radius 2 is 1.79 bits per heavy atom. The molecule has 3 amide bonds. The molecular weight excluding hydrogens is 388 g/mol. The Bertz CT molecular complexity index is 945. The van der Waals surface area contributed by atoms with Crippen molar-refractivity contribution in [3.63, 3.8) is 0 Å². The van der Waals surface area contributed by atoms with Crippen molar-refractivity contribution in [2.45, 2.75) is 44.4 Å². The summed E-state index contributed by atoms with van der Waals surface area (Å²) >= 11 is 1.22. The van der Waals surface area contributed by atoms with E-state index < -0.39 is 34.8 Å². The highest BCUT2D eigenvalue weighted by Gasteiger charge is 2.76. The van der Waals surface area contributed by atoms with Gasteiger partial charge in [-0.15, -0.1) is 11.3 Å². The van der Waals surface area contributed by atoms with E-state index in [1.165, 1.54) is 21.1 Å². The Hall–Kier alpha value is -2.51. The van der Waals surface area contributed by atoms with Crippen LogP contribution in [0.2, 0.25) is 0 Å². The number of hydrogen-bond acceptors (Lipinski definition) is 5. The monoisotopic (exact) mass is 412 g/mol. The van der Waals surface area contributed by atoms with Gasteiger partial charge in [0.25, 0.3) is 11.8 Å². The second-order valence-electron chi connectivity index (χ2n) is 7.85. The van der Waals surface area contributed by atoms with Crippen molar-refractivity contribution in [1.82, 2.24) is 9.80 Å². The molecule has 7 heteroatoms. The molecule has 0 spiro atoms. The molecule has 0 unspecified atom stereocenters. The van der Waals surface area contributed by atoms with E-state index in [0.717, 1.165) is 12.0 Å². The van der Waals surface area contributed by atoms with Gasteiger partial charge in [0.15, 0.2) is 5.60 Å². The van der Waals surface area contributed by atoms with Gasteiger partial charge in [0.05, 0.1) is 0 Å². The van der Waals surface area contributed by atoms with Crippen molar-refractivity contribution in [3.05, 3.63) is 58.3 Å². The maximum atomic E-state index is 13.5. The molecule has 2 fully saturated rings. The highest BCUT2D eigenvalue weighted by molar-refractivity contribution is 7.10. The number of carbonyl (C=O) groups excluding carboxylic acids is 3. The Balaban J connectivity index is 1.84. The molecule has 3 heterocycles. The third-order valence-electron chi connectivity index (χ3n) is 6.12. The maximum Gasteiger partial charge on any atom is 0.262 e. The first-order valence-electron chi connectivity index (χ1n) is 9.85. The number of carbonyl (C=O) groups is 3. The van der Waals surface area contributed by atoms with Crippen LogP contribution in [0.15, 0.2) is 47.8 Å². The minimum atomic E-state index is -2.04. The van der Waals surface area contributed by atoms with Crippen LogP contribution in [-0.4, -0.2) is 44.7 Å². The fourth-order valence-electron chi connectivity index (χ4n) is 4.56. The number of nitrogens with zero attached hydrogens (tertiary/aromatic N) is 2. The summed E-state index contributed by atoms with van der Waals surface area (Å²) < 4.78 is 0. The van der Waals surface area contributed by atoms with Crippen molar-refractivity contribution in [2.24, 2.45) is 5.92 Å². The van der Waals surface area contributed by atoms with E-state index >= 15 is 0 Å². The van der Waals surface area contributed by atoms with Crippen molar-refractivity contribution in [3.8, 4) is 0 Å². The number of fused-ring (bicyclic) bond motifs is 1. The van der Waals surface area contributed by atoms with Gasteiger partial charge in [0.2, 0.25) is 5.91 Å². The fraction of sp³-hybridized carbons (Fsp3) is 0.409. The van der Waals surface area contributed by atoms with Crippen LogP contribution in [0.5, 0.6) is 0 Å². The van der Waals surface area contributed by atoms with Gasteiger partial charge in [-0.05, 0) is 30.4 Å². The van der Waals surface area contributed by atoms with Crippen LogP contribution in [-0.2, 0) is 26.5 Å². The number of hydrogen-bond donors (Lipinski definition) is 1. The Labute approximate surface area is 173 Å². The van der Waals surface area contributed by atoms with E-state index in [1.807, 2.05) is 37.3 Å². The lowest BCUT2D eigenvalue weighted by atomic mass is 9.79. The van der Waals surface area contributed by atoms with E-state index in [0.29, 0.717) is 17.8 Å². The molecular formula is C22H24N2O4S. The smallest absolute Gasteiger partial charge is 0.262 e. The van der Waals surface area contributed by atoms with E-state index in [4.69, 9.17) is 0 Å². The average Bonchev–Trinajstić information content (AvgIpc) is 3.36. The number of unbranched alkanes of at least 4 members (excludes halogenated alkanes) is 1. The number of rotatable bonds is 6. The Kier molecular flexibility index (Phi) is 4.83. The second kappa shape index (κ2) is 7.07. The number of imide groups is 1. The van der Waals surface area contributed by atoms with E-state index in [1.54, 1.807) is 24.4 Å². The summed E-state index contributed by atoms with van der Waals surface area (Å²) in [5.41, 5.74) is -2.62. The van der Waals surface area contributed by atoms with Crippen LogP contribution in [0.4, 0.5) is 0 Å². The molecule has 0 radical (unpaired) electrons. The van der Waals surface area contributed by atoms with Crippen LogP contribution >= 0.6 is 11.3 Å². The molecule has 6 nitrogen and oxygen atoms in total. The first kappa shape index (κ1) is 19.8. The number of likely N-dealkylation sites (tertiary alicyclic amines) is 2. The zero-order chi connectivity index (χ0) is 20.8. The zero-order valence-corrected chi connectivity index (χ0v) is 17.3. The van der Waals surface area contributed by atoms with Crippen LogP contribution in [0.1, 0.15) is 37.1 Å². The van der Waals surface area contributed by atoms with Gasteiger partial charge in [-0.2, -0.15) is 0 Å². The Morgan fingerprint density at radius 1 is 1.07 bits per heavy atom. The van der Waals surface area contributed by atoms with E-state index in [2.05, 4.69) is 0 Å². The van der Waals surface area contributed by atoms with Gasteiger partial charge >= 0.3 is 0 Å². The van der Waals surface area contributed by atoms with Gasteiger partial charge < -0.3 is 10.0 Å². The van der Waals surface area contributed by atoms with Crippen molar-refractivity contribution in [2.75, 3.05) is 6.54 Å². The van der Waals surface area contributed by atoms with Gasteiger partial charge in [0.1, 0.15) is 11.5 Å². The molecule has 0 aliphatic carbocycles. The molecule has 2 aliphatic rings. The lowest BCUT2D eigenvalue weighted by Gasteiger charge is -2.32. The lowest BCUT2D eigenvalue weighted by molar-refractivity contribution is -0.157. The molecule has 1 N–H and O–H groups in total. The van der Waals surface area contributed by atoms with Gasteiger partial charge in [-0.3, -0.25) is 19.3 Å². The predicted molar refractivity (Wildman–Crippen MR) is 109 cm³/mol. The molecule has 2 aromatic rings. The largest absolute Gasteiger partial charge is 0.374 e. The molecule has 0 bridgehead atoms. The summed E-state index contributed by atoms with van der Waals surface area (Å²) in [4.78, 5) is 43.3. The highest BCUT2D eigenvalue weighted by Crippen LogP contribution is 2.54. The van der Waals surface area contributed by atoms with Crippen LogP contribution in [0, 0.1) is 5.92 Å². The summed E-state index contributed by atoms with van der Waals surface area (Å²) in [5, 5.41) is 13.4. The molecule has 1 aromatic carbocycles.